The lowest BCUT2D eigenvalue weighted by molar-refractivity contribution is 0.0661. The summed E-state index contributed by atoms with van der Waals surface area (Å²) in [6.07, 6.45) is 2.00. The van der Waals surface area contributed by atoms with Crippen molar-refractivity contribution in [2.75, 3.05) is 19.6 Å². The number of rotatable bonds is 3. The van der Waals surface area contributed by atoms with Crippen LogP contribution in [-0.2, 0) is 0 Å². The lowest BCUT2D eigenvalue weighted by Gasteiger charge is -2.46. The second kappa shape index (κ2) is 4.45. The third-order valence-corrected chi connectivity index (χ3v) is 3.22. The maximum Gasteiger partial charge on any atom is 0.0281 e. The van der Waals surface area contributed by atoms with E-state index in [9.17, 15) is 0 Å². The van der Waals surface area contributed by atoms with E-state index in [1.807, 2.05) is 6.08 Å². The van der Waals surface area contributed by atoms with Crippen molar-refractivity contribution in [3.63, 3.8) is 0 Å². The van der Waals surface area contributed by atoms with Crippen LogP contribution in [0.3, 0.4) is 0 Å². The third-order valence-electron chi connectivity index (χ3n) is 3.22. The number of piperazine rings is 1. The normalized spacial score (nSPS) is 27.9. The minimum atomic E-state index is 0.263. The predicted octanol–water partition coefficient (Wildman–Crippen LogP) is 1.88. The lowest BCUT2D eigenvalue weighted by atomic mass is 9.93. The minimum Gasteiger partial charge on any atom is -0.311 e. The van der Waals surface area contributed by atoms with Gasteiger partial charge >= 0.3 is 0 Å². The summed E-state index contributed by atoms with van der Waals surface area (Å²) in [4.78, 5) is 2.52. The molecule has 1 unspecified atom stereocenters. The zero-order valence-electron chi connectivity index (χ0n) is 10.0. The van der Waals surface area contributed by atoms with Gasteiger partial charge in [0.05, 0.1) is 0 Å². The Labute approximate surface area is 88.4 Å². The van der Waals surface area contributed by atoms with Crippen LogP contribution in [0.5, 0.6) is 0 Å². The summed E-state index contributed by atoms with van der Waals surface area (Å²) in [6, 6.07) is 0.628. The number of hydrogen-bond acceptors (Lipinski definition) is 2. The van der Waals surface area contributed by atoms with E-state index in [4.69, 9.17) is 0 Å². The molecule has 1 fully saturated rings. The molecule has 2 heteroatoms. The molecule has 1 aliphatic heterocycles. The van der Waals surface area contributed by atoms with Crippen molar-refractivity contribution in [2.45, 2.75) is 39.3 Å². The predicted molar refractivity (Wildman–Crippen MR) is 62.5 cm³/mol. The van der Waals surface area contributed by atoms with E-state index in [2.05, 4.69) is 44.5 Å². The highest BCUT2D eigenvalue weighted by molar-refractivity contribution is 4.95. The zero-order valence-corrected chi connectivity index (χ0v) is 10.0. The van der Waals surface area contributed by atoms with E-state index in [0.29, 0.717) is 12.0 Å². The van der Waals surface area contributed by atoms with Gasteiger partial charge in [0.1, 0.15) is 0 Å². The summed E-state index contributed by atoms with van der Waals surface area (Å²) in [5, 5.41) is 3.62. The quantitative estimate of drug-likeness (QED) is 0.693. The molecule has 0 saturated carbocycles. The summed E-state index contributed by atoms with van der Waals surface area (Å²) in [5.41, 5.74) is 0.263. The largest absolute Gasteiger partial charge is 0.311 e. The number of nitrogens with zero attached hydrogens (tertiary/aromatic N) is 1. The van der Waals surface area contributed by atoms with Crippen molar-refractivity contribution < 1.29 is 0 Å². The van der Waals surface area contributed by atoms with Gasteiger partial charge in [0, 0.05) is 31.2 Å². The van der Waals surface area contributed by atoms with Gasteiger partial charge in [-0.1, -0.05) is 19.9 Å². The monoisotopic (exact) mass is 196 g/mol. The molecule has 0 bridgehead atoms. The first kappa shape index (κ1) is 11.7. The van der Waals surface area contributed by atoms with E-state index in [1.165, 1.54) is 0 Å². The van der Waals surface area contributed by atoms with Crippen molar-refractivity contribution in [3.05, 3.63) is 12.7 Å². The maximum absolute atomic E-state index is 3.83. The summed E-state index contributed by atoms with van der Waals surface area (Å²) in [6.45, 7) is 16.2. The van der Waals surface area contributed by atoms with Crippen LogP contribution >= 0.6 is 0 Å². The number of hydrogen-bond donors (Lipinski definition) is 1. The summed E-state index contributed by atoms with van der Waals surface area (Å²) in [7, 11) is 0. The molecule has 0 spiro atoms. The first-order chi connectivity index (χ1) is 6.47. The Morgan fingerprint density at radius 1 is 1.57 bits per heavy atom. The molecule has 82 valence electrons. The molecule has 2 nitrogen and oxygen atoms in total. The lowest BCUT2D eigenvalue weighted by Crippen LogP contribution is -2.63. The van der Waals surface area contributed by atoms with Gasteiger partial charge in [0.15, 0.2) is 0 Å². The standard InChI is InChI=1S/C12H24N2/c1-6-7-14-8-11(10(2)3)13-9-12(14,4)5/h6,10-11,13H,1,7-9H2,2-5H3. The number of nitrogens with one attached hydrogen (secondary N) is 1. The van der Waals surface area contributed by atoms with Crippen LogP contribution in [-0.4, -0.2) is 36.1 Å². The maximum atomic E-state index is 3.83. The highest BCUT2D eigenvalue weighted by Gasteiger charge is 2.33. The van der Waals surface area contributed by atoms with Crippen LogP contribution in [0.25, 0.3) is 0 Å². The molecule has 0 aliphatic carbocycles. The average Bonchev–Trinajstić information content (AvgIpc) is 2.08. The Hall–Kier alpha value is -0.340. The topological polar surface area (TPSA) is 15.3 Å². The van der Waals surface area contributed by atoms with Gasteiger partial charge in [0.25, 0.3) is 0 Å². The van der Waals surface area contributed by atoms with E-state index < -0.39 is 0 Å². The van der Waals surface area contributed by atoms with Crippen molar-refractivity contribution >= 4 is 0 Å². The molecule has 0 radical (unpaired) electrons. The molecule has 1 heterocycles. The highest BCUT2D eigenvalue weighted by atomic mass is 15.3. The molecule has 0 amide bonds. The minimum absolute atomic E-state index is 0.263. The highest BCUT2D eigenvalue weighted by Crippen LogP contribution is 2.20. The van der Waals surface area contributed by atoms with E-state index in [1.54, 1.807) is 0 Å². The van der Waals surface area contributed by atoms with E-state index in [0.717, 1.165) is 19.6 Å². The van der Waals surface area contributed by atoms with Gasteiger partial charge in [-0.3, -0.25) is 4.90 Å². The molecule has 14 heavy (non-hydrogen) atoms. The summed E-state index contributed by atoms with van der Waals surface area (Å²) in [5.74, 6) is 0.707. The average molecular weight is 196 g/mol. The van der Waals surface area contributed by atoms with Gasteiger partial charge in [-0.05, 0) is 19.8 Å². The smallest absolute Gasteiger partial charge is 0.0281 e. The summed E-state index contributed by atoms with van der Waals surface area (Å²) >= 11 is 0. The van der Waals surface area contributed by atoms with E-state index >= 15 is 0 Å². The van der Waals surface area contributed by atoms with Crippen molar-refractivity contribution in [1.29, 1.82) is 0 Å². The Morgan fingerprint density at radius 3 is 2.71 bits per heavy atom. The van der Waals surface area contributed by atoms with Gasteiger partial charge in [-0.25, -0.2) is 0 Å². The summed E-state index contributed by atoms with van der Waals surface area (Å²) < 4.78 is 0. The Morgan fingerprint density at radius 2 is 2.21 bits per heavy atom. The first-order valence-corrected chi connectivity index (χ1v) is 5.56. The van der Waals surface area contributed by atoms with Crippen LogP contribution in [0.4, 0.5) is 0 Å². The first-order valence-electron chi connectivity index (χ1n) is 5.56. The second-order valence-corrected chi connectivity index (χ2v) is 5.24. The van der Waals surface area contributed by atoms with E-state index in [-0.39, 0.29) is 5.54 Å². The van der Waals surface area contributed by atoms with Crippen LogP contribution in [0, 0.1) is 5.92 Å². The zero-order chi connectivity index (χ0) is 10.8. The third kappa shape index (κ3) is 2.58. The van der Waals surface area contributed by atoms with Crippen LogP contribution in [0.15, 0.2) is 12.7 Å². The van der Waals surface area contributed by atoms with Crippen LogP contribution in [0.1, 0.15) is 27.7 Å². The fourth-order valence-corrected chi connectivity index (χ4v) is 1.97. The Kier molecular flexibility index (Phi) is 3.73. The molecule has 1 atom stereocenters. The van der Waals surface area contributed by atoms with Crippen molar-refractivity contribution in [3.8, 4) is 0 Å². The molecule has 1 rings (SSSR count). The molecular formula is C12H24N2. The molecule has 0 aromatic rings. The van der Waals surface area contributed by atoms with Gasteiger partial charge in [-0.2, -0.15) is 0 Å². The van der Waals surface area contributed by atoms with Gasteiger partial charge in [-0.15, -0.1) is 6.58 Å². The molecule has 1 saturated heterocycles. The second-order valence-electron chi connectivity index (χ2n) is 5.24. The SMILES string of the molecule is C=CCN1CC(C(C)C)NCC1(C)C. The van der Waals surface area contributed by atoms with Crippen molar-refractivity contribution in [2.24, 2.45) is 5.92 Å². The Bertz CT molecular complexity index is 196. The van der Waals surface area contributed by atoms with Crippen LogP contribution in [0.2, 0.25) is 0 Å². The molecule has 1 N–H and O–H groups in total. The van der Waals surface area contributed by atoms with Gasteiger partial charge in [0.2, 0.25) is 0 Å². The molecule has 1 aliphatic rings. The molecule has 0 aromatic carbocycles. The fourth-order valence-electron chi connectivity index (χ4n) is 1.97. The molecule has 0 aromatic heterocycles. The van der Waals surface area contributed by atoms with Gasteiger partial charge < -0.3 is 5.32 Å². The fraction of sp³-hybridized carbons (Fsp3) is 0.833. The molecular weight excluding hydrogens is 172 g/mol. The Balaban J connectivity index is 2.62. The van der Waals surface area contributed by atoms with Crippen molar-refractivity contribution in [1.82, 2.24) is 10.2 Å². The van der Waals surface area contributed by atoms with Crippen LogP contribution < -0.4 is 5.32 Å².